The lowest BCUT2D eigenvalue weighted by atomic mass is 10.1. The summed E-state index contributed by atoms with van der Waals surface area (Å²) < 4.78 is 18.9. The van der Waals surface area contributed by atoms with Gasteiger partial charge in [0, 0.05) is 19.6 Å². The van der Waals surface area contributed by atoms with Crippen LogP contribution in [0, 0.1) is 5.82 Å². The normalized spacial score (nSPS) is 17.4. The van der Waals surface area contributed by atoms with Crippen LogP contribution in [0.25, 0.3) is 0 Å². The van der Waals surface area contributed by atoms with Crippen molar-refractivity contribution >= 4 is 11.8 Å². The minimum atomic E-state index is -0.900. The van der Waals surface area contributed by atoms with Gasteiger partial charge < -0.3 is 19.6 Å². The first-order valence-corrected chi connectivity index (χ1v) is 9.19. The molecule has 1 fully saturated rings. The van der Waals surface area contributed by atoms with Crippen molar-refractivity contribution in [3.63, 3.8) is 0 Å². The smallest absolute Gasteiger partial charge is 0.258 e. The summed E-state index contributed by atoms with van der Waals surface area (Å²) >= 11 is 0. The van der Waals surface area contributed by atoms with Crippen LogP contribution in [0.1, 0.15) is 22.8 Å². The maximum absolute atomic E-state index is 13.4. The second-order valence-corrected chi connectivity index (χ2v) is 6.67. The number of carbonyl (C=O) groups excluding carboxylic acids is 2. The van der Waals surface area contributed by atoms with Crippen LogP contribution in [0.3, 0.4) is 0 Å². The van der Waals surface area contributed by atoms with Gasteiger partial charge >= 0.3 is 0 Å². The van der Waals surface area contributed by atoms with Gasteiger partial charge in [0.25, 0.3) is 5.91 Å². The average molecular weight is 386 g/mol. The van der Waals surface area contributed by atoms with Crippen molar-refractivity contribution in [2.24, 2.45) is 0 Å². The van der Waals surface area contributed by atoms with Crippen LogP contribution in [0.15, 0.2) is 48.5 Å². The summed E-state index contributed by atoms with van der Waals surface area (Å²) in [5.41, 5.74) is 0.977. The highest BCUT2D eigenvalue weighted by Gasteiger charge is 2.31. The van der Waals surface area contributed by atoms with E-state index >= 15 is 0 Å². The number of nitrogens with zero attached hydrogens (tertiary/aromatic N) is 2. The Kier molecular flexibility index (Phi) is 6.26. The molecule has 0 saturated carbocycles. The number of amides is 2. The molecule has 2 aromatic carbocycles. The maximum atomic E-state index is 13.4. The molecule has 1 saturated heterocycles. The second kappa shape index (κ2) is 8.84. The van der Waals surface area contributed by atoms with Gasteiger partial charge in [-0.15, -0.1) is 0 Å². The number of aliphatic hydroxyl groups is 1. The zero-order valence-electron chi connectivity index (χ0n) is 15.7. The molecule has 1 N–H and O–H groups in total. The molecule has 0 aliphatic carbocycles. The standard InChI is InChI=1S/C21H23FN2O4/c1-2-28-19-9-4-3-8-18(19)21(27)24-13-17(25)12-23(20(26)14-24)11-15-6-5-7-16(22)10-15/h3-10,17,25H,2,11-14H2,1H3. The molecule has 6 nitrogen and oxygen atoms in total. The molecule has 1 atom stereocenters. The van der Waals surface area contributed by atoms with Crippen molar-refractivity contribution in [2.45, 2.75) is 19.6 Å². The van der Waals surface area contributed by atoms with Gasteiger partial charge in [-0.1, -0.05) is 24.3 Å². The minimum absolute atomic E-state index is 0.0324. The molecule has 1 heterocycles. The number of rotatable bonds is 5. The topological polar surface area (TPSA) is 70.1 Å². The van der Waals surface area contributed by atoms with Gasteiger partial charge in [0.15, 0.2) is 0 Å². The van der Waals surface area contributed by atoms with E-state index in [1.165, 1.54) is 21.9 Å². The van der Waals surface area contributed by atoms with E-state index in [2.05, 4.69) is 0 Å². The molecule has 148 valence electrons. The number of β-amino-alcohol motifs (C(OH)–C–C–N with tert-alkyl or cyclic N) is 1. The first kappa shape index (κ1) is 19.8. The molecule has 0 bridgehead atoms. The third-order valence-corrected chi connectivity index (χ3v) is 4.51. The van der Waals surface area contributed by atoms with Gasteiger partial charge in [-0.2, -0.15) is 0 Å². The molecular formula is C21H23FN2O4. The van der Waals surface area contributed by atoms with Crippen molar-refractivity contribution in [2.75, 3.05) is 26.2 Å². The van der Waals surface area contributed by atoms with Crippen molar-refractivity contribution < 1.29 is 23.8 Å². The lowest BCUT2D eigenvalue weighted by Gasteiger charge is -2.22. The van der Waals surface area contributed by atoms with Gasteiger partial charge in [0.1, 0.15) is 18.1 Å². The molecule has 28 heavy (non-hydrogen) atoms. The van der Waals surface area contributed by atoms with E-state index < -0.39 is 6.10 Å². The van der Waals surface area contributed by atoms with Gasteiger partial charge in [-0.05, 0) is 36.8 Å². The SMILES string of the molecule is CCOc1ccccc1C(=O)N1CC(=O)N(Cc2cccc(F)c2)CC(O)C1. The lowest BCUT2D eigenvalue weighted by molar-refractivity contribution is -0.131. The van der Waals surface area contributed by atoms with E-state index in [0.717, 1.165) is 0 Å². The number of para-hydroxylation sites is 1. The zero-order chi connectivity index (χ0) is 20.1. The van der Waals surface area contributed by atoms with Crippen LogP contribution in [0.5, 0.6) is 5.75 Å². The van der Waals surface area contributed by atoms with E-state index in [0.29, 0.717) is 23.5 Å². The quantitative estimate of drug-likeness (QED) is 0.854. The van der Waals surface area contributed by atoms with Gasteiger partial charge in [-0.3, -0.25) is 9.59 Å². The number of hydrogen-bond acceptors (Lipinski definition) is 4. The predicted octanol–water partition coefficient (Wildman–Crippen LogP) is 2.07. The third kappa shape index (κ3) is 4.67. The predicted molar refractivity (Wildman–Crippen MR) is 101 cm³/mol. The minimum Gasteiger partial charge on any atom is -0.493 e. The van der Waals surface area contributed by atoms with E-state index in [1.54, 1.807) is 36.4 Å². The van der Waals surface area contributed by atoms with Crippen molar-refractivity contribution in [1.29, 1.82) is 0 Å². The summed E-state index contributed by atoms with van der Waals surface area (Å²) in [6.07, 6.45) is -0.900. The molecule has 2 amide bonds. The van der Waals surface area contributed by atoms with Crippen molar-refractivity contribution in [1.82, 2.24) is 9.80 Å². The zero-order valence-corrected chi connectivity index (χ0v) is 15.7. The summed E-state index contributed by atoms with van der Waals surface area (Å²) in [7, 11) is 0. The Labute approximate surface area is 163 Å². The molecular weight excluding hydrogens is 363 g/mol. The summed E-state index contributed by atoms with van der Waals surface area (Å²) in [6.45, 7) is 2.35. The number of carbonyl (C=O) groups is 2. The van der Waals surface area contributed by atoms with Gasteiger partial charge in [0.2, 0.25) is 5.91 Å². The van der Waals surface area contributed by atoms with Gasteiger partial charge in [0.05, 0.1) is 18.3 Å². The van der Waals surface area contributed by atoms with E-state index in [-0.39, 0.29) is 43.8 Å². The first-order valence-electron chi connectivity index (χ1n) is 9.19. The number of halogens is 1. The van der Waals surface area contributed by atoms with E-state index in [4.69, 9.17) is 4.74 Å². The number of ether oxygens (including phenoxy) is 1. The molecule has 1 unspecified atom stereocenters. The Bertz CT molecular complexity index is 858. The summed E-state index contributed by atoms with van der Waals surface area (Å²) in [6, 6.07) is 12.8. The van der Waals surface area contributed by atoms with Crippen LogP contribution in [0.4, 0.5) is 4.39 Å². The average Bonchev–Trinajstić information content (AvgIpc) is 2.80. The summed E-state index contributed by atoms with van der Waals surface area (Å²) in [4.78, 5) is 28.4. The molecule has 3 rings (SSSR count). The molecule has 0 radical (unpaired) electrons. The Balaban J connectivity index is 1.77. The number of aliphatic hydroxyl groups excluding tert-OH is 1. The molecule has 1 aliphatic heterocycles. The third-order valence-electron chi connectivity index (χ3n) is 4.51. The van der Waals surface area contributed by atoms with E-state index in [1.807, 2.05) is 6.92 Å². The monoisotopic (exact) mass is 386 g/mol. The summed E-state index contributed by atoms with van der Waals surface area (Å²) in [5, 5.41) is 10.4. The number of hydrogen-bond donors (Lipinski definition) is 1. The van der Waals surface area contributed by atoms with E-state index in [9.17, 15) is 19.1 Å². The van der Waals surface area contributed by atoms with Crippen molar-refractivity contribution in [3.8, 4) is 5.75 Å². The van der Waals surface area contributed by atoms with Crippen molar-refractivity contribution in [3.05, 3.63) is 65.5 Å². The molecule has 2 aromatic rings. The highest BCUT2D eigenvalue weighted by atomic mass is 19.1. The molecule has 1 aliphatic rings. The fourth-order valence-electron chi connectivity index (χ4n) is 3.25. The highest BCUT2D eigenvalue weighted by Crippen LogP contribution is 2.21. The second-order valence-electron chi connectivity index (χ2n) is 6.67. The maximum Gasteiger partial charge on any atom is 0.258 e. The molecule has 0 spiro atoms. The largest absolute Gasteiger partial charge is 0.493 e. The van der Waals surface area contributed by atoms with Crippen LogP contribution in [-0.4, -0.2) is 59.1 Å². The van der Waals surface area contributed by atoms with Crippen LogP contribution in [-0.2, 0) is 11.3 Å². The fourth-order valence-corrected chi connectivity index (χ4v) is 3.25. The Morgan fingerprint density at radius 2 is 2.00 bits per heavy atom. The van der Waals surface area contributed by atoms with Gasteiger partial charge in [-0.25, -0.2) is 4.39 Å². The summed E-state index contributed by atoms with van der Waals surface area (Å²) in [5.74, 6) is -0.616. The number of benzene rings is 2. The molecule has 0 aromatic heterocycles. The van der Waals surface area contributed by atoms with Crippen LogP contribution < -0.4 is 4.74 Å². The Morgan fingerprint density at radius 3 is 2.75 bits per heavy atom. The Morgan fingerprint density at radius 1 is 1.21 bits per heavy atom. The lowest BCUT2D eigenvalue weighted by Crippen LogP contribution is -2.39. The highest BCUT2D eigenvalue weighted by molar-refractivity contribution is 5.99. The van der Waals surface area contributed by atoms with Crippen LogP contribution >= 0.6 is 0 Å². The Hall–Kier alpha value is -2.93. The fraction of sp³-hybridized carbons (Fsp3) is 0.333. The molecule has 7 heteroatoms. The van der Waals surface area contributed by atoms with Crippen LogP contribution in [0.2, 0.25) is 0 Å². The first-order chi connectivity index (χ1) is 13.5.